The van der Waals surface area contributed by atoms with Gasteiger partial charge in [-0.2, -0.15) is 5.10 Å². The molecule has 112 valence electrons. The van der Waals surface area contributed by atoms with E-state index in [2.05, 4.69) is 15.4 Å². The van der Waals surface area contributed by atoms with Gasteiger partial charge in [-0.1, -0.05) is 6.07 Å². The molecule has 2 aromatic rings. The second kappa shape index (κ2) is 7.02. The number of aryl methyl sites for hydroxylation is 3. The molecule has 0 bridgehead atoms. The van der Waals surface area contributed by atoms with Gasteiger partial charge >= 0.3 is 0 Å². The smallest absolute Gasteiger partial charge is 0.222 e. The fourth-order valence-electron chi connectivity index (χ4n) is 2.23. The van der Waals surface area contributed by atoms with Crippen LogP contribution in [0.1, 0.15) is 30.2 Å². The molecule has 1 N–H and O–H groups in total. The molecule has 0 saturated heterocycles. The van der Waals surface area contributed by atoms with Crippen molar-refractivity contribution in [3.63, 3.8) is 0 Å². The molecular weight excluding hydrogens is 264 g/mol. The van der Waals surface area contributed by atoms with Crippen LogP contribution in [0.3, 0.4) is 0 Å². The van der Waals surface area contributed by atoms with Crippen LogP contribution in [-0.2, 0) is 17.8 Å². The maximum atomic E-state index is 11.9. The Morgan fingerprint density at radius 2 is 2.24 bits per heavy atom. The molecule has 0 radical (unpaired) electrons. The average Bonchev–Trinajstić information content (AvgIpc) is 2.85. The third kappa shape index (κ3) is 4.70. The van der Waals surface area contributed by atoms with E-state index in [1.807, 2.05) is 39.1 Å². The first kappa shape index (κ1) is 15.2. The number of nitrogens with zero attached hydrogens (tertiary/aromatic N) is 3. The molecule has 0 saturated carbocycles. The van der Waals surface area contributed by atoms with E-state index >= 15 is 0 Å². The number of amides is 1. The first-order chi connectivity index (χ1) is 10.0. The summed E-state index contributed by atoms with van der Waals surface area (Å²) in [6.07, 6.45) is 6.71. The first-order valence-electron chi connectivity index (χ1n) is 7.23. The van der Waals surface area contributed by atoms with E-state index in [1.165, 1.54) is 0 Å². The molecule has 2 rings (SSSR count). The minimum atomic E-state index is 0.0456. The topological polar surface area (TPSA) is 59.8 Å². The van der Waals surface area contributed by atoms with E-state index in [0.29, 0.717) is 13.0 Å². The Balaban J connectivity index is 1.78. The van der Waals surface area contributed by atoms with Gasteiger partial charge in [-0.15, -0.1) is 0 Å². The van der Waals surface area contributed by atoms with Crippen LogP contribution < -0.4 is 5.32 Å². The predicted octanol–water partition coefficient (Wildman–Crippen LogP) is 2.03. The van der Waals surface area contributed by atoms with Crippen LogP contribution >= 0.6 is 0 Å². The Bertz CT molecular complexity index is 606. The van der Waals surface area contributed by atoms with Gasteiger partial charge in [-0.05, 0) is 38.0 Å². The van der Waals surface area contributed by atoms with Crippen molar-refractivity contribution in [1.82, 2.24) is 20.1 Å². The maximum Gasteiger partial charge on any atom is 0.222 e. The van der Waals surface area contributed by atoms with Gasteiger partial charge in [0.15, 0.2) is 0 Å². The second-order valence-corrected chi connectivity index (χ2v) is 5.47. The zero-order valence-electron chi connectivity index (χ0n) is 12.8. The molecule has 5 nitrogen and oxygen atoms in total. The summed E-state index contributed by atoms with van der Waals surface area (Å²) >= 11 is 0. The molecule has 1 amide bonds. The van der Waals surface area contributed by atoms with Crippen molar-refractivity contribution in [1.29, 1.82) is 0 Å². The van der Waals surface area contributed by atoms with Crippen LogP contribution in [-0.4, -0.2) is 26.7 Å². The van der Waals surface area contributed by atoms with Crippen LogP contribution in [0.2, 0.25) is 0 Å². The number of pyridine rings is 1. The summed E-state index contributed by atoms with van der Waals surface area (Å²) in [5, 5.41) is 7.19. The Morgan fingerprint density at radius 3 is 2.90 bits per heavy atom. The molecule has 5 heteroatoms. The first-order valence-corrected chi connectivity index (χ1v) is 7.23. The van der Waals surface area contributed by atoms with Crippen molar-refractivity contribution in [2.24, 2.45) is 0 Å². The van der Waals surface area contributed by atoms with E-state index in [-0.39, 0.29) is 11.9 Å². The Labute approximate surface area is 125 Å². The van der Waals surface area contributed by atoms with Gasteiger partial charge in [0, 0.05) is 43.5 Å². The average molecular weight is 286 g/mol. The molecule has 0 aliphatic rings. The highest BCUT2D eigenvalue weighted by molar-refractivity contribution is 5.76. The quantitative estimate of drug-likeness (QED) is 0.884. The van der Waals surface area contributed by atoms with Crippen molar-refractivity contribution in [2.75, 3.05) is 0 Å². The molecular formula is C16H22N4O. The zero-order valence-corrected chi connectivity index (χ0v) is 12.8. The molecule has 0 unspecified atom stereocenters. The highest BCUT2D eigenvalue weighted by atomic mass is 16.1. The lowest BCUT2D eigenvalue weighted by atomic mass is 10.1. The fourth-order valence-corrected chi connectivity index (χ4v) is 2.23. The summed E-state index contributed by atoms with van der Waals surface area (Å²) in [7, 11) is 0. The Kier molecular flexibility index (Phi) is 5.09. The lowest BCUT2D eigenvalue weighted by Gasteiger charge is -2.14. The third-order valence-electron chi connectivity index (χ3n) is 3.36. The van der Waals surface area contributed by atoms with Gasteiger partial charge in [0.2, 0.25) is 5.91 Å². The molecule has 2 aromatic heterocycles. The van der Waals surface area contributed by atoms with E-state index < -0.39 is 0 Å². The second-order valence-electron chi connectivity index (χ2n) is 5.47. The standard InChI is InChI=1S/C16H22N4O/c1-12-10-18-20(11-12)8-6-16(21)19-14(3)9-15-13(2)5-4-7-17-15/h4-5,7,10-11,14H,6,8-9H2,1-3H3,(H,19,21)/t14-/m0/s1. The Morgan fingerprint density at radius 1 is 1.43 bits per heavy atom. The van der Waals surface area contributed by atoms with Gasteiger partial charge in [0.1, 0.15) is 0 Å². The highest BCUT2D eigenvalue weighted by Crippen LogP contribution is 2.06. The summed E-state index contributed by atoms with van der Waals surface area (Å²) in [5.74, 6) is 0.0456. The molecule has 1 atom stereocenters. The van der Waals surface area contributed by atoms with Gasteiger partial charge in [-0.3, -0.25) is 14.5 Å². The summed E-state index contributed by atoms with van der Waals surface area (Å²) in [6.45, 7) is 6.64. The molecule has 0 aliphatic carbocycles. The summed E-state index contributed by atoms with van der Waals surface area (Å²) in [4.78, 5) is 16.3. The van der Waals surface area contributed by atoms with E-state index in [1.54, 1.807) is 17.1 Å². The van der Waals surface area contributed by atoms with Crippen molar-refractivity contribution in [3.8, 4) is 0 Å². The molecule has 0 aromatic carbocycles. The van der Waals surface area contributed by atoms with Crippen LogP contribution in [0.25, 0.3) is 0 Å². The van der Waals surface area contributed by atoms with Gasteiger partial charge in [-0.25, -0.2) is 0 Å². The van der Waals surface area contributed by atoms with Gasteiger partial charge < -0.3 is 5.32 Å². The molecule has 0 fully saturated rings. The number of aromatic nitrogens is 3. The number of rotatable bonds is 6. The number of hydrogen-bond donors (Lipinski definition) is 1. The van der Waals surface area contributed by atoms with E-state index in [0.717, 1.165) is 23.2 Å². The summed E-state index contributed by atoms with van der Waals surface area (Å²) < 4.78 is 1.79. The summed E-state index contributed by atoms with van der Waals surface area (Å²) in [5.41, 5.74) is 3.30. The van der Waals surface area contributed by atoms with E-state index in [4.69, 9.17) is 0 Å². The third-order valence-corrected chi connectivity index (χ3v) is 3.36. The van der Waals surface area contributed by atoms with Gasteiger partial charge in [0.05, 0.1) is 6.20 Å². The zero-order chi connectivity index (χ0) is 15.2. The molecule has 21 heavy (non-hydrogen) atoms. The monoisotopic (exact) mass is 286 g/mol. The predicted molar refractivity (Wildman–Crippen MR) is 81.9 cm³/mol. The maximum absolute atomic E-state index is 11.9. The Hall–Kier alpha value is -2.17. The van der Waals surface area contributed by atoms with Crippen LogP contribution in [0.4, 0.5) is 0 Å². The molecule has 2 heterocycles. The lowest BCUT2D eigenvalue weighted by molar-refractivity contribution is -0.121. The normalized spacial score (nSPS) is 12.1. The van der Waals surface area contributed by atoms with Crippen LogP contribution in [0.5, 0.6) is 0 Å². The SMILES string of the molecule is Cc1cnn(CCC(=O)N[C@@H](C)Cc2ncccc2C)c1. The van der Waals surface area contributed by atoms with E-state index in [9.17, 15) is 4.79 Å². The lowest BCUT2D eigenvalue weighted by Crippen LogP contribution is -2.34. The van der Waals surface area contributed by atoms with Gasteiger partial charge in [0.25, 0.3) is 0 Å². The summed E-state index contributed by atoms with van der Waals surface area (Å²) in [6, 6.07) is 4.04. The number of hydrogen-bond acceptors (Lipinski definition) is 3. The van der Waals surface area contributed by atoms with Crippen LogP contribution in [0.15, 0.2) is 30.7 Å². The largest absolute Gasteiger partial charge is 0.353 e. The fraction of sp³-hybridized carbons (Fsp3) is 0.438. The molecule has 0 aliphatic heterocycles. The van der Waals surface area contributed by atoms with Crippen molar-refractivity contribution in [2.45, 2.75) is 46.2 Å². The number of nitrogens with one attached hydrogen (secondary N) is 1. The highest BCUT2D eigenvalue weighted by Gasteiger charge is 2.10. The van der Waals surface area contributed by atoms with Crippen molar-refractivity contribution >= 4 is 5.91 Å². The van der Waals surface area contributed by atoms with Crippen LogP contribution in [0, 0.1) is 13.8 Å². The molecule has 0 spiro atoms. The minimum Gasteiger partial charge on any atom is -0.353 e. The number of carbonyl (C=O) groups excluding carboxylic acids is 1. The van der Waals surface area contributed by atoms with Crippen molar-refractivity contribution in [3.05, 3.63) is 47.5 Å². The van der Waals surface area contributed by atoms with Crippen molar-refractivity contribution < 1.29 is 4.79 Å². The minimum absolute atomic E-state index is 0.0456. The number of carbonyl (C=O) groups is 1.